The van der Waals surface area contributed by atoms with E-state index in [2.05, 4.69) is 9.97 Å². The Morgan fingerprint density at radius 2 is 1.88 bits per heavy atom. The second-order valence-corrected chi connectivity index (χ2v) is 7.06. The third kappa shape index (κ3) is 3.31. The SMILES string of the molecule is O=C(c1cncnc1)N1C[C@H]2CCCC(=O)N(Cc3ccccc3)[C@H]2C1. The molecule has 0 saturated carbocycles. The molecule has 2 aliphatic heterocycles. The lowest BCUT2D eigenvalue weighted by Gasteiger charge is -2.30. The number of fused-ring (bicyclic) bond motifs is 1. The van der Waals surface area contributed by atoms with Crippen LogP contribution in [0.2, 0.25) is 0 Å². The minimum absolute atomic E-state index is 0.0502. The van der Waals surface area contributed by atoms with Gasteiger partial charge in [0.15, 0.2) is 0 Å². The molecule has 2 saturated heterocycles. The topological polar surface area (TPSA) is 66.4 Å². The van der Waals surface area contributed by atoms with Crippen LogP contribution in [0.4, 0.5) is 0 Å². The molecule has 6 heteroatoms. The molecular formula is C20H22N4O2. The third-order valence-electron chi connectivity index (χ3n) is 5.38. The Balaban J connectivity index is 1.54. The Morgan fingerprint density at radius 1 is 1.12 bits per heavy atom. The van der Waals surface area contributed by atoms with Gasteiger partial charge in [-0.2, -0.15) is 0 Å². The van der Waals surface area contributed by atoms with Gasteiger partial charge in [0.2, 0.25) is 5.91 Å². The molecule has 2 atom stereocenters. The van der Waals surface area contributed by atoms with E-state index >= 15 is 0 Å². The summed E-state index contributed by atoms with van der Waals surface area (Å²) in [6.07, 6.45) is 7.00. The highest BCUT2D eigenvalue weighted by Gasteiger charge is 2.41. The fourth-order valence-corrected chi connectivity index (χ4v) is 4.08. The molecule has 0 aliphatic carbocycles. The fourth-order valence-electron chi connectivity index (χ4n) is 4.08. The molecule has 26 heavy (non-hydrogen) atoms. The lowest BCUT2D eigenvalue weighted by atomic mass is 9.98. The lowest BCUT2D eigenvalue weighted by molar-refractivity contribution is -0.133. The number of hydrogen-bond acceptors (Lipinski definition) is 4. The summed E-state index contributed by atoms with van der Waals surface area (Å²) in [5, 5.41) is 0. The van der Waals surface area contributed by atoms with E-state index < -0.39 is 0 Å². The molecule has 1 aromatic heterocycles. The summed E-state index contributed by atoms with van der Waals surface area (Å²) in [6, 6.07) is 10.1. The summed E-state index contributed by atoms with van der Waals surface area (Å²) in [6.45, 7) is 1.88. The third-order valence-corrected chi connectivity index (χ3v) is 5.38. The first-order valence-corrected chi connectivity index (χ1v) is 9.10. The lowest BCUT2D eigenvalue weighted by Crippen LogP contribution is -2.43. The first kappa shape index (κ1) is 16.7. The van der Waals surface area contributed by atoms with E-state index in [1.807, 2.05) is 40.1 Å². The van der Waals surface area contributed by atoms with Crippen molar-refractivity contribution in [3.05, 3.63) is 60.2 Å². The molecule has 6 nitrogen and oxygen atoms in total. The summed E-state index contributed by atoms with van der Waals surface area (Å²) in [7, 11) is 0. The van der Waals surface area contributed by atoms with Crippen molar-refractivity contribution in [1.29, 1.82) is 0 Å². The van der Waals surface area contributed by atoms with Gasteiger partial charge < -0.3 is 9.80 Å². The Hall–Kier alpha value is -2.76. The van der Waals surface area contributed by atoms with Gasteiger partial charge in [0.25, 0.3) is 5.91 Å². The van der Waals surface area contributed by atoms with E-state index in [9.17, 15) is 9.59 Å². The van der Waals surface area contributed by atoms with Crippen molar-refractivity contribution >= 4 is 11.8 Å². The fraction of sp³-hybridized carbons (Fsp3) is 0.400. The summed E-state index contributed by atoms with van der Waals surface area (Å²) in [5.41, 5.74) is 1.63. The molecule has 3 heterocycles. The van der Waals surface area contributed by atoms with E-state index in [0.29, 0.717) is 37.5 Å². The standard InChI is InChI=1S/C20H22N4O2/c25-19-8-4-7-16-12-23(20(26)17-9-21-14-22-10-17)13-18(16)24(19)11-15-5-2-1-3-6-15/h1-3,5-6,9-10,14,16,18H,4,7-8,11-13H2/t16-,18+/m1/s1. The Bertz CT molecular complexity index is 781. The molecule has 1 aromatic carbocycles. The number of benzene rings is 1. The zero-order valence-corrected chi connectivity index (χ0v) is 14.6. The van der Waals surface area contributed by atoms with Crippen LogP contribution in [0, 0.1) is 5.92 Å². The molecule has 0 unspecified atom stereocenters. The number of rotatable bonds is 3. The maximum atomic E-state index is 12.8. The largest absolute Gasteiger partial charge is 0.336 e. The van der Waals surface area contributed by atoms with Crippen LogP contribution in [0.25, 0.3) is 0 Å². The zero-order chi connectivity index (χ0) is 17.9. The zero-order valence-electron chi connectivity index (χ0n) is 14.6. The quantitative estimate of drug-likeness (QED) is 0.850. The van der Waals surface area contributed by atoms with Crippen LogP contribution in [0.15, 0.2) is 49.1 Å². The minimum Gasteiger partial charge on any atom is -0.336 e. The van der Waals surface area contributed by atoms with E-state index in [1.54, 1.807) is 12.4 Å². The Morgan fingerprint density at radius 3 is 2.65 bits per heavy atom. The van der Waals surface area contributed by atoms with Crippen LogP contribution in [0.3, 0.4) is 0 Å². The number of carbonyl (C=O) groups excluding carboxylic acids is 2. The second-order valence-electron chi connectivity index (χ2n) is 7.06. The molecule has 2 amide bonds. The van der Waals surface area contributed by atoms with E-state index in [1.165, 1.54) is 6.33 Å². The summed E-state index contributed by atoms with van der Waals surface area (Å²) in [4.78, 5) is 37.2. The van der Waals surface area contributed by atoms with Gasteiger partial charge in [-0.25, -0.2) is 9.97 Å². The predicted octanol–water partition coefficient (Wildman–Crippen LogP) is 2.13. The number of nitrogens with zero attached hydrogens (tertiary/aromatic N) is 4. The summed E-state index contributed by atoms with van der Waals surface area (Å²) < 4.78 is 0. The first-order valence-electron chi connectivity index (χ1n) is 9.10. The number of likely N-dealkylation sites (tertiary alicyclic amines) is 2. The van der Waals surface area contributed by atoms with Crippen LogP contribution in [-0.4, -0.2) is 50.7 Å². The van der Waals surface area contributed by atoms with E-state index in [4.69, 9.17) is 0 Å². The van der Waals surface area contributed by atoms with Crippen molar-refractivity contribution in [1.82, 2.24) is 19.8 Å². The summed E-state index contributed by atoms with van der Waals surface area (Å²) in [5.74, 6) is 0.475. The number of hydrogen-bond donors (Lipinski definition) is 0. The van der Waals surface area contributed by atoms with Crippen molar-refractivity contribution in [2.24, 2.45) is 5.92 Å². The Kier molecular flexibility index (Phi) is 4.65. The summed E-state index contributed by atoms with van der Waals surface area (Å²) >= 11 is 0. The molecule has 4 rings (SSSR count). The van der Waals surface area contributed by atoms with Crippen LogP contribution in [0.5, 0.6) is 0 Å². The van der Waals surface area contributed by atoms with Crippen molar-refractivity contribution in [3.63, 3.8) is 0 Å². The highest BCUT2D eigenvalue weighted by atomic mass is 16.2. The Labute approximate surface area is 152 Å². The van der Waals surface area contributed by atoms with Gasteiger partial charge in [-0.05, 0) is 24.3 Å². The molecule has 134 valence electrons. The van der Waals surface area contributed by atoms with Crippen LogP contribution in [-0.2, 0) is 11.3 Å². The van der Waals surface area contributed by atoms with Crippen molar-refractivity contribution in [2.45, 2.75) is 31.8 Å². The maximum Gasteiger partial charge on any atom is 0.257 e. The van der Waals surface area contributed by atoms with Crippen molar-refractivity contribution < 1.29 is 9.59 Å². The van der Waals surface area contributed by atoms with Gasteiger partial charge in [-0.15, -0.1) is 0 Å². The van der Waals surface area contributed by atoms with E-state index in [-0.39, 0.29) is 17.9 Å². The maximum absolute atomic E-state index is 12.8. The normalized spacial score (nSPS) is 22.8. The van der Waals surface area contributed by atoms with Gasteiger partial charge in [-0.1, -0.05) is 30.3 Å². The van der Waals surface area contributed by atoms with Gasteiger partial charge in [0, 0.05) is 38.4 Å². The highest BCUT2D eigenvalue weighted by Crippen LogP contribution is 2.32. The van der Waals surface area contributed by atoms with Crippen LogP contribution >= 0.6 is 0 Å². The van der Waals surface area contributed by atoms with Gasteiger partial charge in [0.1, 0.15) is 6.33 Å². The average molecular weight is 350 g/mol. The first-order chi connectivity index (χ1) is 12.7. The monoisotopic (exact) mass is 350 g/mol. The molecule has 2 aromatic rings. The molecule has 0 radical (unpaired) electrons. The molecule has 0 N–H and O–H groups in total. The molecular weight excluding hydrogens is 328 g/mol. The number of carbonyl (C=O) groups is 2. The number of amides is 2. The second kappa shape index (κ2) is 7.23. The van der Waals surface area contributed by atoms with Crippen molar-refractivity contribution in [3.8, 4) is 0 Å². The molecule has 2 fully saturated rings. The van der Waals surface area contributed by atoms with Crippen LogP contribution in [0.1, 0.15) is 35.2 Å². The predicted molar refractivity (Wildman–Crippen MR) is 96.1 cm³/mol. The van der Waals surface area contributed by atoms with Gasteiger partial charge in [-0.3, -0.25) is 9.59 Å². The van der Waals surface area contributed by atoms with Gasteiger partial charge in [0.05, 0.1) is 11.6 Å². The van der Waals surface area contributed by atoms with E-state index in [0.717, 1.165) is 18.4 Å². The molecule has 0 spiro atoms. The minimum atomic E-state index is -0.0502. The molecule has 0 bridgehead atoms. The number of aromatic nitrogens is 2. The molecule has 2 aliphatic rings. The van der Waals surface area contributed by atoms with Gasteiger partial charge >= 0.3 is 0 Å². The smallest absolute Gasteiger partial charge is 0.257 e. The highest BCUT2D eigenvalue weighted by molar-refractivity contribution is 5.94. The van der Waals surface area contributed by atoms with Crippen LogP contribution < -0.4 is 0 Å². The van der Waals surface area contributed by atoms with Crippen molar-refractivity contribution in [2.75, 3.05) is 13.1 Å². The average Bonchev–Trinajstić information content (AvgIpc) is 3.05.